The van der Waals surface area contributed by atoms with E-state index in [2.05, 4.69) is 104 Å². The average Bonchev–Trinajstić information content (AvgIpc) is 3.01. The van der Waals surface area contributed by atoms with Crippen LogP contribution >= 0.6 is 0 Å². The molecule has 0 fully saturated rings. The van der Waals surface area contributed by atoms with Gasteiger partial charge >= 0.3 is 0 Å². The van der Waals surface area contributed by atoms with Crippen LogP contribution in [-0.2, 0) is 0 Å². The van der Waals surface area contributed by atoms with E-state index in [1.54, 1.807) is 0 Å². The van der Waals surface area contributed by atoms with E-state index in [4.69, 9.17) is 5.73 Å². The first kappa shape index (κ1) is 29.6. The van der Waals surface area contributed by atoms with Crippen LogP contribution in [0.1, 0.15) is 72.9 Å². The van der Waals surface area contributed by atoms with Gasteiger partial charge in [-0.3, -0.25) is 0 Å². The number of aliphatic hydroxyl groups is 1. The highest BCUT2D eigenvalue weighted by atomic mass is 16.3. The number of hydrogen-bond acceptors (Lipinski definition) is 2. The minimum absolute atomic E-state index is 0.272. The summed E-state index contributed by atoms with van der Waals surface area (Å²) in [5.41, 5.74) is 16.4. The molecule has 0 saturated carbocycles. The Balaban J connectivity index is 1.68. The molecule has 0 amide bonds. The van der Waals surface area contributed by atoms with Gasteiger partial charge in [0.15, 0.2) is 0 Å². The molecule has 0 aromatic heterocycles. The molecule has 2 unspecified atom stereocenters. The van der Waals surface area contributed by atoms with Gasteiger partial charge in [-0.1, -0.05) is 122 Å². The Morgan fingerprint density at radius 2 is 1.71 bits per heavy atom. The zero-order chi connectivity index (χ0) is 29.2. The maximum atomic E-state index is 10.3. The van der Waals surface area contributed by atoms with Crippen LogP contribution in [-0.4, -0.2) is 5.11 Å². The summed E-state index contributed by atoms with van der Waals surface area (Å²) in [5.74, 6) is 0.608. The minimum Gasteiger partial charge on any atom is -0.508 e. The Hall–Kier alpha value is -4.40. The summed E-state index contributed by atoms with van der Waals surface area (Å²) in [6.07, 6.45) is 29.5. The van der Waals surface area contributed by atoms with Gasteiger partial charge in [-0.25, -0.2) is 0 Å². The van der Waals surface area contributed by atoms with Gasteiger partial charge in [0.1, 0.15) is 5.76 Å². The number of hydrogen-bond donors (Lipinski definition) is 2. The van der Waals surface area contributed by atoms with Crippen molar-refractivity contribution < 1.29 is 5.11 Å². The van der Waals surface area contributed by atoms with Gasteiger partial charge in [0.2, 0.25) is 0 Å². The van der Waals surface area contributed by atoms with E-state index in [-0.39, 0.29) is 6.04 Å². The molecule has 0 aliphatic heterocycles. The van der Waals surface area contributed by atoms with Crippen molar-refractivity contribution in [1.29, 1.82) is 0 Å². The summed E-state index contributed by atoms with van der Waals surface area (Å²) in [6.45, 7) is 12.1. The number of nitrogens with two attached hydrogens (primary N) is 1. The van der Waals surface area contributed by atoms with Crippen LogP contribution in [0, 0.1) is 0 Å². The van der Waals surface area contributed by atoms with Crippen molar-refractivity contribution in [1.82, 2.24) is 0 Å². The number of allylic oxidation sites excluding steroid dienone is 16. The van der Waals surface area contributed by atoms with Crippen molar-refractivity contribution in [3.8, 4) is 0 Å². The van der Waals surface area contributed by atoms with Crippen LogP contribution < -0.4 is 5.73 Å². The van der Waals surface area contributed by atoms with Gasteiger partial charge in [-0.15, -0.1) is 0 Å². The van der Waals surface area contributed by atoms with Crippen LogP contribution in [0.5, 0.6) is 0 Å². The minimum atomic E-state index is -0.272. The second-order valence-corrected chi connectivity index (χ2v) is 10.4. The van der Waals surface area contributed by atoms with E-state index in [0.29, 0.717) is 11.7 Å². The van der Waals surface area contributed by atoms with Crippen molar-refractivity contribution in [2.75, 3.05) is 0 Å². The van der Waals surface area contributed by atoms with Crippen molar-refractivity contribution in [3.05, 3.63) is 179 Å². The number of aliphatic hydroxyl groups excluding tert-OH is 1. The van der Waals surface area contributed by atoms with Crippen molar-refractivity contribution >= 4 is 11.1 Å². The molecule has 2 nitrogen and oxygen atoms in total. The molecule has 41 heavy (non-hydrogen) atoms. The summed E-state index contributed by atoms with van der Waals surface area (Å²) in [7, 11) is 0. The predicted molar refractivity (Wildman–Crippen MR) is 178 cm³/mol. The van der Waals surface area contributed by atoms with E-state index in [1.807, 2.05) is 44.2 Å². The van der Waals surface area contributed by atoms with E-state index in [1.165, 1.54) is 5.56 Å². The standard InChI is InChI=1S/C39H41NO/c1-5-13-30(14-6-2)32-21-23-33(24-22-32)39(40)36-26-34(25-35(27-36)31-15-9-8-10-16-31)29(7-3)20-19-28(4)37-17-11-12-18-38(37)41/h5-10,13-15,17-27,31,39,41H,1,4,11-12,16,40H2,2-3H3/b14-6-,20-19-,29-7+,30-13+. The largest absolute Gasteiger partial charge is 0.508 e. The lowest BCUT2D eigenvalue weighted by molar-refractivity contribution is 0.419. The molecule has 0 radical (unpaired) electrons. The molecule has 0 spiro atoms. The quantitative estimate of drug-likeness (QED) is 0.295. The molecule has 3 N–H and O–H groups in total. The third-order valence-electron chi connectivity index (χ3n) is 7.58. The van der Waals surface area contributed by atoms with E-state index >= 15 is 0 Å². The molecule has 4 rings (SSSR count). The van der Waals surface area contributed by atoms with Crippen LogP contribution in [0.2, 0.25) is 0 Å². The number of benzene rings is 2. The molecular formula is C39H41NO. The summed E-state index contributed by atoms with van der Waals surface area (Å²) in [5, 5.41) is 10.3. The zero-order valence-corrected chi connectivity index (χ0v) is 24.3. The lowest BCUT2D eigenvalue weighted by Gasteiger charge is -2.20. The Labute approximate surface area is 246 Å². The third-order valence-corrected chi connectivity index (χ3v) is 7.58. The molecular weight excluding hydrogens is 498 g/mol. The molecule has 2 aliphatic rings. The predicted octanol–water partition coefficient (Wildman–Crippen LogP) is 10.2. The fourth-order valence-corrected chi connectivity index (χ4v) is 5.29. The monoisotopic (exact) mass is 539 g/mol. The van der Waals surface area contributed by atoms with Crippen LogP contribution in [0.4, 0.5) is 0 Å². The second-order valence-electron chi connectivity index (χ2n) is 10.4. The van der Waals surface area contributed by atoms with Crippen LogP contribution in [0.15, 0.2) is 152 Å². The first-order chi connectivity index (χ1) is 19.9. The Morgan fingerprint density at radius 1 is 0.927 bits per heavy atom. The second kappa shape index (κ2) is 14.3. The summed E-state index contributed by atoms with van der Waals surface area (Å²) >= 11 is 0. The lowest BCUT2D eigenvalue weighted by atomic mass is 9.86. The summed E-state index contributed by atoms with van der Waals surface area (Å²) in [4.78, 5) is 0. The maximum Gasteiger partial charge on any atom is 0.119 e. The average molecular weight is 540 g/mol. The topological polar surface area (TPSA) is 46.2 Å². The highest BCUT2D eigenvalue weighted by Crippen LogP contribution is 2.33. The Bertz CT molecular complexity index is 1520. The van der Waals surface area contributed by atoms with Gasteiger partial charge in [-0.05, 0) is 89.8 Å². The molecule has 2 heteroatoms. The van der Waals surface area contributed by atoms with Crippen molar-refractivity contribution in [2.45, 2.75) is 45.1 Å². The molecule has 0 bridgehead atoms. The van der Waals surface area contributed by atoms with E-state index in [0.717, 1.165) is 63.8 Å². The van der Waals surface area contributed by atoms with E-state index in [9.17, 15) is 5.11 Å². The van der Waals surface area contributed by atoms with Gasteiger partial charge in [0.05, 0.1) is 6.04 Å². The van der Waals surface area contributed by atoms with Gasteiger partial charge in [0, 0.05) is 11.5 Å². The first-order valence-electron chi connectivity index (χ1n) is 14.4. The lowest BCUT2D eigenvalue weighted by Crippen LogP contribution is -2.13. The smallest absolute Gasteiger partial charge is 0.119 e. The molecule has 2 atom stereocenters. The molecule has 0 saturated heterocycles. The maximum absolute atomic E-state index is 10.3. The first-order valence-corrected chi connectivity index (χ1v) is 14.4. The highest BCUT2D eigenvalue weighted by Gasteiger charge is 2.17. The van der Waals surface area contributed by atoms with Crippen molar-refractivity contribution in [3.63, 3.8) is 0 Å². The molecule has 2 aliphatic carbocycles. The van der Waals surface area contributed by atoms with Gasteiger partial charge in [-0.2, -0.15) is 0 Å². The zero-order valence-electron chi connectivity index (χ0n) is 24.3. The van der Waals surface area contributed by atoms with Crippen molar-refractivity contribution in [2.24, 2.45) is 5.73 Å². The third kappa shape index (κ3) is 7.42. The number of rotatable bonds is 10. The normalized spacial score (nSPS) is 18.5. The molecule has 2 aromatic carbocycles. The van der Waals surface area contributed by atoms with E-state index < -0.39 is 0 Å². The van der Waals surface area contributed by atoms with Gasteiger partial charge in [0.25, 0.3) is 0 Å². The van der Waals surface area contributed by atoms with Crippen LogP contribution in [0.25, 0.3) is 11.1 Å². The molecule has 0 heterocycles. The Kier molecular flexibility index (Phi) is 10.3. The SMILES string of the molecule is C=C/C=C(\C=C/C)c1ccc(C(N)c2cc(C(/C=C\C(=C)C3=CCCC=C3O)=C/C)cc(C3C=CC=CC3)c2)cc1. The summed E-state index contributed by atoms with van der Waals surface area (Å²) in [6, 6.07) is 14.9. The van der Waals surface area contributed by atoms with Gasteiger partial charge < -0.3 is 10.8 Å². The fraction of sp³-hybridized carbons (Fsp3) is 0.179. The molecule has 2 aromatic rings. The van der Waals surface area contributed by atoms with Crippen LogP contribution in [0.3, 0.4) is 0 Å². The summed E-state index contributed by atoms with van der Waals surface area (Å²) < 4.78 is 0. The fourth-order valence-electron chi connectivity index (χ4n) is 5.29. The highest BCUT2D eigenvalue weighted by molar-refractivity contribution is 5.77. The Morgan fingerprint density at radius 3 is 2.37 bits per heavy atom. The molecule has 208 valence electrons.